The minimum Gasteiger partial charge on any atom is -0.481 e. The number of carboxylic acid groups (broad SMARTS) is 1. The molecule has 0 aliphatic carbocycles. The van der Waals surface area contributed by atoms with Crippen molar-refractivity contribution in [1.82, 2.24) is 4.98 Å². The van der Waals surface area contributed by atoms with E-state index in [4.69, 9.17) is 9.52 Å². The van der Waals surface area contributed by atoms with Gasteiger partial charge < -0.3 is 14.4 Å². The van der Waals surface area contributed by atoms with Gasteiger partial charge in [-0.3, -0.25) is 9.59 Å². The molecule has 2 aromatic carbocycles. The summed E-state index contributed by atoms with van der Waals surface area (Å²) in [6.45, 7) is 2.18. The predicted molar refractivity (Wildman–Crippen MR) is 92.3 cm³/mol. The highest BCUT2D eigenvalue weighted by Crippen LogP contribution is 2.31. The van der Waals surface area contributed by atoms with E-state index < -0.39 is 11.9 Å². The Balaban J connectivity index is 1.69. The lowest BCUT2D eigenvalue weighted by molar-refractivity contribution is -0.141. The normalized spacial score (nSPS) is 17.4. The number of aryl methyl sites for hydroxylation is 1. The number of amides is 1. The van der Waals surface area contributed by atoms with Gasteiger partial charge in [0.25, 0.3) is 0 Å². The Bertz CT molecular complexity index is 992. The lowest BCUT2D eigenvalue weighted by atomic mass is 10.1. The Hall–Kier alpha value is -3.15. The zero-order valence-electron chi connectivity index (χ0n) is 13.6. The van der Waals surface area contributed by atoms with Crippen LogP contribution >= 0.6 is 0 Å². The van der Waals surface area contributed by atoms with Crippen LogP contribution in [0.2, 0.25) is 0 Å². The van der Waals surface area contributed by atoms with Crippen LogP contribution in [0.5, 0.6) is 0 Å². The third-order valence-electron chi connectivity index (χ3n) is 4.42. The summed E-state index contributed by atoms with van der Waals surface area (Å²) in [7, 11) is 0. The SMILES string of the molecule is Cc1cccc(-c2nc3ccc(N4C[C@H](C(=O)O)CC4=O)cc3o2)c1. The van der Waals surface area contributed by atoms with Gasteiger partial charge in [0.2, 0.25) is 11.8 Å². The fraction of sp³-hybridized carbons (Fsp3) is 0.211. The molecular formula is C19H16N2O4. The van der Waals surface area contributed by atoms with E-state index in [9.17, 15) is 9.59 Å². The zero-order valence-corrected chi connectivity index (χ0v) is 13.6. The Labute approximate surface area is 143 Å². The highest BCUT2D eigenvalue weighted by atomic mass is 16.4. The largest absolute Gasteiger partial charge is 0.481 e. The van der Waals surface area contributed by atoms with Crippen molar-refractivity contribution < 1.29 is 19.1 Å². The number of hydrogen-bond acceptors (Lipinski definition) is 4. The number of fused-ring (bicyclic) bond motifs is 1. The van der Waals surface area contributed by atoms with Crippen LogP contribution in [-0.2, 0) is 9.59 Å². The summed E-state index contributed by atoms with van der Waals surface area (Å²) in [5.41, 5.74) is 3.90. The lowest BCUT2D eigenvalue weighted by Gasteiger charge is -2.15. The number of aliphatic carboxylic acids is 1. The van der Waals surface area contributed by atoms with Crippen molar-refractivity contribution in [3.8, 4) is 11.5 Å². The molecule has 1 aliphatic rings. The lowest BCUT2D eigenvalue weighted by Crippen LogP contribution is -2.25. The molecular weight excluding hydrogens is 320 g/mol. The molecule has 6 heteroatoms. The van der Waals surface area contributed by atoms with E-state index in [1.807, 2.05) is 31.2 Å². The fourth-order valence-electron chi connectivity index (χ4n) is 3.11. The van der Waals surface area contributed by atoms with Gasteiger partial charge >= 0.3 is 5.97 Å². The minimum atomic E-state index is -0.946. The molecule has 1 amide bonds. The van der Waals surface area contributed by atoms with Gasteiger partial charge in [-0.2, -0.15) is 0 Å². The summed E-state index contributed by atoms with van der Waals surface area (Å²) < 4.78 is 5.85. The number of oxazole rings is 1. The second-order valence-corrected chi connectivity index (χ2v) is 6.28. The van der Waals surface area contributed by atoms with Gasteiger partial charge in [-0.15, -0.1) is 0 Å². The van der Waals surface area contributed by atoms with Gasteiger partial charge in [-0.25, -0.2) is 4.98 Å². The van der Waals surface area contributed by atoms with E-state index in [0.717, 1.165) is 11.1 Å². The summed E-state index contributed by atoms with van der Waals surface area (Å²) in [4.78, 5) is 29.2. The monoisotopic (exact) mass is 336 g/mol. The highest BCUT2D eigenvalue weighted by Gasteiger charge is 2.35. The summed E-state index contributed by atoms with van der Waals surface area (Å²) in [6.07, 6.45) is 0.0261. The molecule has 0 bridgehead atoms. The number of carbonyl (C=O) groups excluding carboxylic acids is 1. The van der Waals surface area contributed by atoms with Gasteiger partial charge in [0.05, 0.1) is 5.92 Å². The van der Waals surface area contributed by atoms with Crippen molar-refractivity contribution in [2.45, 2.75) is 13.3 Å². The number of carbonyl (C=O) groups is 2. The smallest absolute Gasteiger partial charge is 0.308 e. The maximum absolute atomic E-state index is 12.1. The molecule has 0 unspecified atom stereocenters. The van der Waals surface area contributed by atoms with E-state index in [2.05, 4.69) is 4.98 Å². The molecule has 1 saturated heterocycles. The quantitative estimate of drug-likeness (QED) is 0.794. The standard InChI is InChI=1S/C19H16N2O4/c1-11-3-2-4-12(7-11)18-20-15-6-5-14(9-16(15)25-18)21-10-13(19(23)24)8-17(21)22/h2-7,9,13H,8,10H2,1H3,(H,23,24)/t13-/m1/s1. The maximum atomic E-state index is 12.1. The van der Waals surface area contributed by atoms with Crippen LogP contribution in [0.1, 0.15) is 12.0 Å². The van der Waals surface area contributed by atoms with E-state index in [0.29, 0.717) is 22.7 Å². The maximum Gasteiger partial charge on any atom is 0.308 e. The van der Waals surface area contributed by atoms with Crippen LogP contribution in [0.3, 0.4) is 0 Å². The molecule has 126 valence electrons. The summed E-state index contributed by atoms with van der Waals surface area (Å²) in [5, 5.41) is 9.11. The number of carboxylic acids is 1. The molecule has 0 radical (unpaired) electrons. The Kier molecular flexibility index (Phi) is 3.53. The van der Waals surface area contributed by atoms with Crippen LogP contribution in [-0.4, -0.2) is 28.5 Å². The average molecular weight is 336 g/mol. The number of benzene rings is 2. The first kappa shape index (κ1) is 15.4. The first-order valence-corrected chi connectivity index (χ1v) is 8.02. The molecule has 4 rings (SSSR count). The van der Waals surface area contributed by atoms with Crippen molar-refractivity contribution in [2.24, 2.45) is 5.92 Å². The van der Waals surface area contributed by atoms with Crippen LogP contribution in [0.4, 0.5) is 5.69 Å². The molecule has 2 heterocycles. The van der Waals surface area contributed by atoms with Gasteiger partial charge in [-0.1, -0.05) is 17.7 Å². The molecule has 1 aromatic heterocycles. The average Bonchev–Trinajstić information content (AvgIpc) is 3.17. The van der Waals surface area contributed by atoms with Gasteiger partial charge in [0.1, 0.15) is 5.52 Å². The molecule has 25 heavy (non-hydrogen) atoms. The van der Waals surface area contributed by atoms with E-state index >= 15 is 0 Å². The number of anilines is 1. The molecule has 0 saturated carbocycles. The summed E-state index contributed by atoms with van der Waals surface area (Å²) in [6, 6.07) is 13.2. The second kappa shape index (κ2) is 5.73. The molecule has 1 aliphatic heterocycles. The third kappa shape index (κ3) is 2.76. The van der Waals surface area contributed by atoms with E-state index in [-0.39, 0.29) is 18.9 Å². The molecule has 1 atom stereocenters. The molecule has 6 nitrogen and oxygen atoms in total. The number of nitrogens with zero attached hydrogens (tertiary/aromatic N) is 2. The van der Waals surface area contributed by atoms with Gasteiger partial charge in [-0.05, 0) is 31.2 Å². The van der Waals surface area contributed by atoms with Crippen LogP contribution in [0, 0.1) is 12.8 Å². The van der Waals surface area contributed by atoms with Gasteiger partial charge in [0.15, 0.2) is 5.58 Å². The fourth-order valence-corrected chi connectivity index (χ4v) is 3.11. The molecule has 0 spiro atoms. The van der Waals surface area contributed by atoms with Crippen molar-refractivity contribution >= 4 is 28.7 Å². The molecule has 3 aromatic rings. The third-order valence-corrected chi connectivity index (χ3v) is 4.42. The first-order chi connectivity index (χ1) is 12.0. The van der Waals surface area contributed by atoms with Crippen molar-refractivity contribution in [2.75, 3.05) is 11.4 Å². The Morgan fingerprint density at radius 3 is 2.84 bits per heavy atom. The van der Waals surface area contributed by atoms with E-state index in [1.165, 1.54) is 4.90 Å². The van der Waals surface area contributed by atoms with Crippen LogP contribution < -0.4 is 4.90 Å². The van der Waals surface area contributed by atoms with Crippen molar-refractivity contribution in [1.29, 1.82) is 0 Å². The number of hydrogen-bond donors (Lipinski definition) is 1. The minimum absolute atomic E-state index is 0.0261. The summed E-state index contributed by atoms with van der Waals surface area (Å²) in [5.74, 6) is -1.28. The Morgan fingerprint density at radius 2 is 2.12 bits per heavy atom. The van der Waals surface area contributed by atoms with Gasteiger partial charge in [0, 0.05) is 30.3 Å². The topological polar surface area (TPSA) is 83.6 Å². The predicted octanol–water partition coefficient (Wildman–Crippen LogP) is 3.24. The van der Waals surface area contributed by atoms with Crippen LogP contribution in [0.25, 0.3) is 22.6 Å². The molecule has 1 N–H and O–H groups in total. The number of rotatable bonds is 3. The second-order valence-electron chi connectivity index (χ2n) is 6.28. The summed E-state index contributed by atoms with van der Waals surface area (Å²) >= 11 is 0. The van der Waals surface area contributed by atoms with Crippen molar-refractivity contribution in [3.63, 3.8) is 0 Å². The zero-order chi connectivity index (χ0) is 17.6. The Morgan fingerprint density at radius 1 is 1.28 bits per heavy atom. The first-order valence-electron chi connectivity index (χ1n) is 8.02. The van der Waals surface area contributed by atoms with Crippen LogP contribution in [0.15, 0.2) is 46.9 Å². The highest BCUT2D eigenvalue weighted by molar-refractivity contribution is 6.00. The number of aromatic nitrogens is 1. The van der Waals surface area contributed by atoms with Crippen molar-refractivity contribution in [3.05, 3.63) is 48.0 Å². The van der Waals surface area contributed by atoms with E-state index in [1.54, 1.807) is 18.2 Å². The molecule has 1 fully saturated rings.